The average molecular weight is 233 g/mol. The first-order chi connectivity index (χ1) is 8.26. The van der Waals surface area contributed by atoms with E-state index in [0.717, 1.165) is 13.0 Å². The van der Waals surface area contributed by atoms with Gasteiger partial charge >= 0.3 is 0 Å². The summed E-state index contributed by atoms with van der Waals surface area (Å²) in [6, 6.07) is 9.53. The molecule has 1 aromatic carbocycles. The van der Waals surface area contributed by atoms with Gasteiger partial charge in [0.2, 0.25) is 0 Å². The molecule has 0 aliphatic rings. The molecule has 0 saturated carbocycles. The van der Waals surface area contributed by atoms with Gasteiger partial charge in [0, 0.05) is 6.04 Å². The van der Waals surface area contributed by atoms with Crippen LogP contribution in [-0.4, -0.2) is 12.6 Å². The summed E-state index contributed by atoms with van der Waals surface area (Å²) in [5.74, 6) is 0. The molecule has 1 heteroatoms. The summed E-state index contributed by atoms with van der Waals surface area (Å²) in [7, 11) is 0. The SMILES string of the molecule is CCCCC(CC)NCCc1cccc(C)c1. The minimum absolute atomic E-state index is 0.708. The quantitative estimate of drug-likeness (QED) is 0.713. The molecule has 0 aliphatic heterocycles. The molecule has 0 radical (unpaired) electrons. The number of hydrogen-bond donors (Lipinski definition) is 1. The lowest BCUT2D eigenvalue weighted by Gasteiger charge is -2.16. The highest BCUT2D eigenvalue weighted by Gasteiger charge is 2.04. The monoisotopic (exact) mass is 233 g/mol. The molecule has 0 aromatic heterocycles. The van der Waals surface area contributed by atoms with E-state index in [1.807, 2.05) is 0 Å². The number of nitrogens with one attached hydrogen (secondary N) is 1. The van der Waals surface area contributed by atoms with Gasteiger partial charge in [-0.3, -0.25) is 0 Å². The predicted molar refractivity (Wildman–Crippen MR) is 76.5 cm³/mol. The lowest BCUT2D eigenvalue weighted by Crippen LogP contribution is -2.30. The van der Waals surface area contributed by atoms with E-state index in [0.29, 0.717) is 6.04 Å². The van der Waals surface area contributed by atoms with Crippen LogP contribution in [0, 0.1) is 6.92 Å². The van der Waals surface area contributed by atoms with Crippen molar-refractivity contribution >= 4 is 0 Å². The third kappa shape index (κ3) is 5.88. The molecular formula is C16H27N. The lowest BCUT2D eigenvalue weighted by atomic mass is 10.1. The van der Waals surface area contributed by atoms with Gasteiger partial charge in [0.05, 0.1) is 0 Å². The van der Waals surface area contributed by atoms with E-state index >= 15 is 0 Å². The molecule has 1 nitrogen and oxygen atoms in total. The molecule has 1 N–H and O–H groups in total. The average Bonchev–Trinajstić information content (AvgIpc) is 2.33. The molecule has 96 valence electrons. The van der Waals surface area contributed by atoms with Gasteiger partial charge in [-0.1, -0.05) is 56.5 Å². The van der Waals surface area contributed by atoms with Crippen molar-refractivity contribution in [3.8, 4) is 0 Å². The summed E-state index contributed by atoms with van der Waals surface area (Å²) in [5.41, 5.74) is 2.81. The van der Waals surface area contributed by atoms with Crippen molar-refractivity contribution in [2.75, 3.05) is 6.54 Å². The maximum Gasteiger partial charge on any atom is 0.00645 e. The third-order valence-electron chi connectivity index (χ3n) is 3.33. The molecule has 0 bridgehead atoms. The Balaban J connectivity index is 2.26. The van der Waals surface area contributed by atoms with Crippen molar-refractivity contribution in [3.05, 3.63) is 35.4 Å². The van der Waals surface area contributed by atoms with Gasteiger partial charge in [0.1, 0.15) is 0 Å². The Labute approximate surface area is 107 Å². The van der Waals surface area contributed by atoms with Crippen LogP contribution in [0.3, 0.4) is 0 Å². The van der Waals surface area contributed by atoms with Crippen molar-refractivity contribution in [1.82, 2.24) is 5.32 Å². The Morgan fingerprint density at radius 1 is 1.24 bits per heavy atom. The summed E-state index contributed by atoms with van der Waals surface area (Å²) in [6.07, 6.45) is 6.35. The fourth-order valence-electron chi connectivity index (χ4n) is 2.19. The van der Waals surface area contributed by atoms with Gasteiger partial charge in [0.15, 0.2) is 0 Å². The van der Waals surface area contributed by atoms with Crippen LogP contribution in [0.2, 0.25) is 0 Å². The van der Waals surface area contributed by atoms with Gasteiger partial charge in [0.25, 0.3) is 0 Å². The largest absolute Gasteiger partial charge is 0.314 e. The molecule has 0 spiro atoms. The van der Waals surface area contributed by atoms with Crippen LogP contribution < -0.4 is 5.32 Å². The van der Waals surface area contributed by atoms with E-state index in [4.69, 9.17) is 0 Å². The highest BCUT2D eigenvalue weighted by molar-refractivity contribution is 5.22. The van der Waals surface area contributed by atoms with Crippen molar-refractivity contribution in [2.24, 2.45) is 0 Å². The van der Waals surface area contributed by atoms with Crippen LogP contribution in [0.4, 0.5) is 0 Å². The number of rotatable bonds is 8. The molecule has 1 aromatic rings. The second kappa shape index (κ2) is 8.30. The molecule has 0 amide bonds. The maximum atomic E-state index is 3.67. The molecule has 0 heterocycles. The molecule has 1 atom stereocenters. The third-order valence-corrected chi connectivity index (χ3v) is 3.33. The summed E-state index contributed by atoms with van der Waals surface area (Å²) in [4.78, 5) is 0. The highest BCUT2D eigenvalue weighted by atomic mass is 14.9. The minimum atomic E-state index is 0.708. The topological polar surface area (TPSA) is 12.0 Å². The first-order valence-corrected chi connectivity index (χ1v) is 7.05. The fraction of sp³-hybridized carbons (Fsp3) is 0.625. The molecule has 1 rings (SSSR count). The first-order valence-electron chi connectivity index (χ1n) is 7.05. The van der Waals surface area contributed by atoms with E-state index < -0.39 is 0 Å². The van der Waals surface area contributed by atoms with Crippen molar-refractivity contribution in [3.63, 3.8) is 0 Å². The maximum absolute atomic E-state index is 3.67. The lowest BCUT2D eigenvalue weighted by molar-refractivity contribution is 0.456. The van der Waals surface area contributed by atoms with Crippen LogP contribution in [0.5, 0.6) is 0 Å². The highest BCUT2D eigenvalue weighted by Crippen LogP contribution is 2.06. The Morgan fingerprint density at radius 2 is 2.06 bits per heavy atom. The van der Waals surface area contributed by atoms with Crippen LogP contribution in [0.1, 0.15) is 50.7 Å². The second-order valence-electron chi connectivity index (χ2n) is 4.94. The Morgan fingerprint density at radius 3 is 2.71 bits per heavy atom. The van der Waals surface area contributed by atoms with Crippen LogP contribution in [0.15, 0.2) is 24.3 Å². The standard InChI is InChI=1S/C16H27N/c1-4-6-10-16(5-2)17-12-11-15-9-7-8-14(3)13-15/h7-9,13,16-17H,4-6,10-12H2,1-3H3. The van der Waals surface area contributed by atoms with Gasteiger partial charge in [-0.15, -0.1) is 0 Å². The van der Waals surface area contributed by atoms with E-state index in [1.165, 1.54) is 36.8 Å². The number of hydrogen-bond acceptors (Lipinski definition) is 1. The Hall–Kier alpha value is -0.820. The van der Waals surface area contributed by atoms with Crippen LogP contribution >= 0.6 is 0 Å². The number of unbranched alkanes of at least 4 members (excludes halogenated alkanes) is 1. The second-order valence-corrected chi connectivity index (χ2v) is 4.94. The van der Waals surface area contributed by atoms with Gasteiger partial charge in [-0.05, 0) is 38.3 Å². The van der Waals surface area contributed by atoms with E-state index in [-0.39, 0.29) is 0 Å². The zero-order valence-corrected chi connectivity index (χ0v) is 11.6. The Bertz CT molecular complexity index is 306. The predicted octanol–water partition coefficient (Wildman–Crippen LogP) is 4.10. The van der Waals surface area contributed by atoms with Crippen molar-refractivity contribution in [1.29, 1.82) is 0 Å². The van der Waals surface area contributed by atoms with Crippen molar-refractivity contribution in [2.45, 2.75) is 58.9 Å². The van der Waals surface area contributed by atoms with E-state index in [2.05, 4.69) is 50.4 Å². The van der Waals surface area contributed by atoms with Gasteiger partial charge in [-0.2, -0.15) is 0 Å². The first kappa shape index (κ1) is 14.2. The minimum Gasteiger partial charge on any atom is -0.314 e. The summed E-state index contributed by atoms with van der Waals surface area (Å²) in [6.45, 7) is 7.80. The zero-order valence-electron chi connectivity index (χ0n) is 11.6. The normalized spacial score (nSPS) is 12.6. The zero-order chi connectivity index (χ0) is 12.5. The Kier molecular flexibility index (Phi) is 6.95. The summed E-state index contributed by atoms with van der Waals surface area (Å²) >= 11 is 0. The molecule has 0 aliphatic carbocycles. The van der Waals surface area contributed by atoms with Crippen LogP contribution in [-0.2, 0) is 6.42 Å². The summed E-state index contributed by atoms with van der Waals surface area (Å²) < 4.78 is 0. The molecule has 17 heavy (non-hydrogen) atoms. The summed E-state index contributed by atoms with van der Waals surface area (Å²) in [5, 5.41) is 3.67. The number of aryl methyl sites for hydroxylation is 1. The van der Waals surface area contributed by atoms with Crippen molar-refractivity contribution < 1.29 is 0 Å². The molecular weight excluding hydrogens is 206 g/mol. The molecule has 1 unspecified atom stereocenters. The van der Waals surface area contributed by atoms with E-state index in [9.17, 15) is 0 Å². The van der Waals surface area contributed by atoms with Gasteiger partial charge in [-0.25, -0.2) is 0 Å². The van der Waals surface area contributed by atoms with Gasteiger partial charge < -0.3 is 5.32 Å². The molecule has 0 fully saturated rings. The number of benzene rings is 1. The van der Waals surface area contributed by atoms with Crippen LogP contribution in [0.25, 0.3) is 0 Å². The molecule has 0 saturated heterocycles. The van der Waals surface area contributed by atoms with E-state index in [1.54, 1.807) is 0 Å². The smallest absolute Gasteiger partial charge is 0.00645 e. The fourth-order valence-corrected chi connectivity index (χ4v) is 2.19.